The Labute approximate surface area is 196 Å². The molecular formula is C28H21NO5. The van der Waals surface area contributed by atoms with E-state index in [1.807, 2.05) is 66.3 Å². The number of Topliss-reactive ketones (excluding diaryl/α,β-unsaturated/α-hetero) is 1. The van der Waals surface area contributed by atoms with Crippen LogP contribution >= 0.6 is 0 Å². The molecule has 2 aliphatic heterocycles. The van der Waals surface area contributed by atoms with Gasteiger partial charge < -0.3 is 18.8 Å². The average Bonchev–Trinajstić information content (AvgIpc) is 3.35. The summed E-state index contributed by atoms with van der Waals surface area (Å²) in [7, 11) is 3.57. The van der Waals surface area contributed by atoms with Crippen LogP contribution in [0.5, 0.6) is 17.2 Å². The highest BCUT2D eigenvalue weighted by atomic mass is 16.5. The molecule has 1 aromatic heterocycles. The summed E-state index contributed by atoms with van der Waals surface area (Å²) >= 11 is 0. The molecule has 34 heavy (non-hydrogen) atoms. The molecule has 6 heteroatoms. The number of ketones is 1. The molecule has 2 aliphatic rings. The zero-order valence-corrected chi connectivity index (χ0v) is 18.7. The fraction of sp³-hybridized carbons (Fsp3) is 0.143. The minimum Gasteiger partial charge on any atom is -0.496 e. The van der Waals surface area contributed by atoms with Crippen molar-refractivity contribution in [1.82, 2.24) is 4.57 Å². The lowest BCUT2D eigenvalue weighted by Crippen LogP contribution is -2.22. The zero-order chi connectivity index (χ0) is 23.4. The highest BCUT2D eigenvalue weighted by molar-refractivity contribution is 6.15. The molecule has 6 rings (SSSR count). The quantitative estimate of drug-likeness (QED) is 0.242. The van der Waals surface area contributed by atoms with Gasteiger partial charge in [0.25, 0.3) is 0 Å². The first-order chi connectivity index (χ1) is 16.5. The van der Waals surface area contributed by atoms with E-state index in [1.165, 1.54) is 0 Å². The zero-order valence-electron chi connectivity index (χ0n) is 18.7. The topological polar surface area (TPSA) is 66.8 Å². The Bertz CT molecular complexity index is 1530. The van der Waals surface area contributed by atoms with Crippen LogP contribution in [0.4, 0.5) is 0 Å². The third-order valence-electron chi connectivity index (χ3n) is 6.51. The molecule has 4 aromatic rings. The number of para-hydroxylation sites is 2. The number of hydrogen-bond acceptors (Lipinski definition) is 5. The first kappa shape index (κ1) is 20.3. The van der Waals surface area contributed by atoms with Gasteiger partial charge in [-0.05, 0) is 30.3 Å². The van der Waals surface area contributed by atoms with Gasteiger partial charge in [-0.3, -0.25) is 9.59 Å². The van der Waals surface area contributed by atoms with Crippen LogP contribution < -0.4 is 14.2 Å². The number of aryl methyl sites for hydroxylation is 1. The number of carbonyl (C=O) groups is 2. The first-order valence-electron chi connectivity index (χ1n) is 11.0. The SMILES string of the molecule is COc1ccccc1[C@H]1CC(=O)Oc2ccc3c(c21)O/C(=C\c1cn(C)c2ccccc12)C3=O. The molecule has 0 aliphatic carbocycles. The number of methoxy groups -OCH3 is 1. The number of ether oxygens (including phenoxy) is 3. The number of nitrogens with zero attached hydrogens (tertiary/aromatic N) is 1. The summed E-state index contributed by atoms with van der Waals surface area (Å²) in [4.78, 5) is 25.7. The van der Waals surface area contributed by atoms with Crippen molar-refractivity contribution in [3.05, 3.63) is 94.9 Å². The van der Waals surface area contributed by atoms with Crippen LogP contribution in [0.3, 0.4) is 0 Å². The monoisotopic (exact) mass is 451 g/mol. The fourth-order valence-electron chi connectivity index (χ4n) is 4.96. The largest absolute Gasteiger partial charge is 0.496 e. The molecule has 0 N–H and O–H groups in total. The van der Waals surface area contributed by atoms with Crippen LogP contribution in [0.15, 0.2) is 72.6 Å². The van der Waals surface area contributed by atoms with E-state index in [0.29, 0.717) is 28.4 Å². The van der Waals surface area contributed by atoms with Gasteiger partial charge in [0.05, 0.1) is 19.1 Å². The second-order valence-electron chi connectivity index (χ2n) is 8.48. The van der Waals surface area contributed by atoms with Gasteiger partial charge in [-0.15, -0.1) is 0 Å². The molecule has 6 nitrogen and oxygen atoms in total. The predicted octanol–water partition coefficient (Wildman–Crippen LogP) is 5.24. The molecule has 0 spiro atoms. The van der Waals surface area contributed by atoms with Crippen molar-refractivity contribution < 1.29 is 23.8 Å². The van der Waals surface area contributed by atoms with Crippen LogP contribution in [-0.2, 0) is 11.8 Å². The number of aromatic nitrogens is 1. The second kappa shape index (κ2) is 7.63. The maximum atomic E-state index is 13.3. The summed E-state index contributed by atoms with van der Waals surface area (Å²) in [6.45, 7) is 0. The Balaban J connectivity index is 1.49. The standard InChI is InChI=1S/C28H21NO5/c1-29-15-16(17-7-3-5-9-21(17)29)13-24-27(31)19-11-12-23-26(28(19)34-24)20(14-25(30)33-23)18-8-4-6-10-22(18)32-2/h3-13,15,20H,14H2,1-2H3/b24-13-/t20-/m1/s1. The van der Waals surface area contributed by atoms with Crippen molar-refractivity contribution in [3.8, 4) is 17.2 Å². The van der Waals surface area contributed by atoms with Crippen molar-refractivity contribution in [1.29, 1.82) is 0 Å². The number of benzene rings is 3. The summed E-state index contributed by atoms with van der Waals surface area (Å²) < 4.78 is 19.3. The summed E-state index contributed by atoms with van der Waals surface area (Å²) in [6, 6.07) is 18.9. The number of hydrogen-bond donors (Lipinski definition) is 0. The minimum absolute atomic E-state index is 0.129. The maximum Gasteiger partial charge on any atom is 0.312 e. The Morgan fingerprint density at radius 3 is 2.65 bits per heavy atom. The molecule has 3 heterocycles. The lowest BCUT2D eigenvalue weighted by molar-refractivity contribution is -0.135. The summed E-state index contributed by atoms with van der Waals surface area (Å²) in [5.74, 6) is 0.882. The highest BCUT2D eigenvalue weighted by Gasteiger charge is 2.39. The van der Waals surface area contributed by atoms with Crippen molar-refractivity contribution in [2.24, 2.45) is 7.05 Å². The normalized spacial score (nSPS) is 17.9. The van der Waals surface area contributed by atoms with E-state index in [4.69, 9.17) is 14.2 Å². The lowest BCUT2D eigenvalue weighted by Gasteiger charge is -2.27. The van der Waals surface area contributed by atoms with Crippen LogP contribution in [-0.4, -0.2) is 23.4 Å². The molecule has 0 saturated heterocycles. The first-order valence-corrected chi connectivity index (χ1v) is 11.0. The fourth-order valence-corrected chi connectivity index (χ4v) is 4.96. The van der Waals surface area contributed by atoms with Crippen LogP contribution in [0, 0.1) is 0 Å². The molecule has 0 fully saturated rings. The van der Waals surface area contributed by atoms with Crippen LogP contribution in [0.1, 0.15) is 39.4 Å². The number of allylic oxidation sites excluding steroid dienone is 1. The van der Waals surface area contributed by atoms with Crippen molar-refractivity contribution >= 4 is 28.7 Å². The molecule has 0 unspecified atom stereocenters. The molecule has 0 saturated carbocycles. The van der Waals surface area contributed by atoms with Crippen molar-refractivity contribution in [2.75, 3.05) is 7.11 Å². The molecule has 168 valence electrons. The van der Waals surface area contributed by atoms with Gasteiger partial charge in [-0.1, -0.05) is 36.4 Å². The van der Waals surface area contributed by atoms with Crippen molar-refractivity contribution in [3.63, 3.8) is 0 Å². The van der Waals surface area contributed by atoms with Crippen molar-refractivity contribution in [2.45, 2.75) is 12.3 Å². The van der Waals surface area contributed by atoms with Gasteiger partial charge in [0.1, 0.15) is 17.2 Å². The number of fused-ring (bicyclic) bond motifs is 4. The molecular weight excluding hydrogens is 430 g/mol. The summed E-state index contributed by atoms with van der Waals surface area (Å²) in [5.41, 5.74) is 3.96. The Morgan fingerprint density at radius 1 is 1.00 bits per heavy atom. The number of rotatable bonds is 3. The minimum atomic E-state index is -0.355. The Morgan fingerprint density at radius 2 is 1.79 bits per heavy atom. The predicted molar refractivity (Wildman–Crippen MR) is 127 cm³/mol. The molecule has 1 atom stereocenters. The average molecular weight is 451 g/mol. The van der Waals surface area contributed by atoms with E-state index in [1.54, 1.807) is 25.3 Å². The molecule has 0 radical (unpaired) electrons. The number of esters is 1. The van der Waals surface area contributed by atoms with Crippen LogP contribution in [0.25, 0.3) is 17.0 Å². The maximum absolute atomic E-state index is 13.3. The van der Waals surface area contributed by atoms with Gasteiger partial charge in [-0.2, -0.15) is 0 Å². The summed E-state index contributed by atoms with van der Waals surface area (Å²) in [5, 5.41) is 1.03. The van der Waals surface area contributed by atoms with E-state index in [0.717, 1.165) is 22.0 Å². The van der Waals surface area contributed by atoms with E-state index in [2.05, 4.69) is 0 Å². The third-order valence-corrected chi connectivity index (χ3v) is 6.51. The molecule has 0 bridgehead atoms. The van der Waals surface area contributed by atoms with Crippen LogP contribution in [0.2, 0.25) is 0 Å². The Hall–Kier alpha value is -4.32. The van der Waals surface area contributed by atoms with E-state index in [-0.39, 0.29) is 29.9 Å². The van der Waals surface area contributed by atoms with E-state index in [9.17, 15) is 9.59 Å². The summed E-state index contributed by atoms with van der Waals surface area (Å²) in [6.07, 6.45) is 3.89. The van der Waals surface area contributed by atoms with Gasteiger partial charge in [-0.25, -0.2) is 0 Å². The number of carbonyl (C=O) groups excluding carboxylic acids is 2. The van der Waals surface area contributed by atoms with Gasteiger partial charge in [0, 0.05) is 46.8 Å². The molecule has 0 amide bonds. The third kappa shape index (κ3) is 3.03. The van der Waals surface area contributed by atoms with Gasteiger partial charge in [0.2, 0.25) is 5.78 Å². The smallest absolute Gasteiger partial charge is 0.312 e. The lowest BCUT2D eigenvalue weighted by atomic mass is 9.84. The van der Waals surface area contributed by atoms with E-state index < -0.39 is 0 Å². The van der Waals surface area contributed by atoms with E-state index >= 15 is 0 Å². The highest BCUT2D eigenvalue weighted by Crippen LogP contribution is 2.50. The van der Waals surface area contributed by atoms with Gasteiger partial charge in [0.15, 0.2) is 5.76 Å². The Kier molecular flexibility index (Phi) is 4.55. The second-order valence-corrected chi connectivity index (χ2v) is 8.48. The molecule has 3 aromatic carbocycles. The van der Waals surface area contributed by atoms with Gasteiger partial charge >= 0.3 is 5.97 Å².